The SMILES string of the molecule is COC(=O)C1=C(C(=O)OC)N(c2ccc(O)cc2[N+](=O)[O-])C(N)=C(C#N)C1c1ccccc1. The predicted octanol–water partition coefficient (Wildman–Crippen LogP) is 2.20. The van der Waals surface area contributed by atoms with Gasteiger partial charge in [0.2, 0.25) is 0 Å². The molecule has 0 aliphatic carbocycles. The second-order valence-corrected chi connectivity index (χ2v) is 6.77. The van der Waals surface area contributed by atoms with Crippen LogP contribution in [-0.2, 0) is 19.1 Å². The maximum atomic E-state index is 12.9. The van der Waals surface area contributed by atoms with E-state index < -0.39 is 39.9 Å². The van der Waals surface area contributed by atoms with Gasteiger partial charge in [0.05, 0.1) is 48.3 Å². The van der Waals surface area contributed by atoms with Crippen LogP contribution < -0.4 is 10.6 Å². The second kappa shape index (κ2) is 9.11. The number of phenolic OH excluding ortho intramolecular Hbond substituents is 1. The molecule has 0 saturated heterocycles. The van der Waals surface area contributed by atoms with Crippen LogP contribution in [0.1, 0.15) is 11.5 Å². The number of carbonyl (C=O) groups excluding carboxylic acids is 2. The van der Waals surface area contributed by atoms with Gasteiger partial charge >= 0.3 is 11.9 Å². The van der Waals surface area contributed by atoms with E-state index in [1.165, 1.54) is 0 Å². The van der Waals surface area contributed by atoms with Crippen LogP contribution in [0.5, 0.6) is 5.75 Å². The number of nitro groups is 1. The summed E-state index contributed by atoms with van der Waals surface area (Å²) in [6.45, 7) is 0. The molecular formula is C22H18N4O7. The number of anilines is 1. The normalized spacial score (nSPS) is 15.7. The Morgan fingerprint density at radius 2 is 1.79 bits per heavy atom. The quantitative estimate of drug-likeness (QED) is 0.391. The van der Waals surface area contributed by atoms with Crippen LogP contribution in [-0.4, -0.2) is 36.2 Å². The van der Waals surface area contributed by atoms with E-state index >= 15 is 0 Å². The van der Waals surface area contributed by atoms with Gasteiger partial charge in [-0.15, -0.1) is 0 Å². The number of benzene rings is 2. The van der Waals surface area contributed by atoms with Gasteiger partial charge in [-0.1, -0.05) is 30.3 Å². The molecule has 2 aromatic carbocycles. The lowest BCUT2D eigenvalue weighted by atomic mass is 9.81. The Labute approximate surface area is 187 Å². The van der Waals surface area contributed by atoms with E-state index in [0.717, 1.165) is 37.3 Å². The number of methoxy groups -OCH3 is 2. The van der Waals surface area contributed by atoms with Crippen LogP contribution in [0.15, 0.2) is 71.2 Å². The summed E-state index contributed by atoms with van der Waals surface area (Å²) >= 11 is 0. The summed E-state index contributed by atoms with van der Waals surface area (Å²) in [6.07, 6.45) is 0. The summed E-state index contributed by atoms with van der Waals surface area (Å²) < 4.78 is 9.76. The molecule has 1 atom stereocenters. The van der Waals surface area contributed by atoms with E-state index in [9.17, 15) is 30.1 Å². The number of hydrogen-bond donors (Lipinski definition) is 2. The Morgan fingerprint density at radius 3 is 2.33 bits per heavy atom. The highest BCUT2D eigenvalue weighted by Gasteiger charge is 2.44. The highest BCUT2D eigenvalue weighted by Crippen LogP contribution is 2.45. The van der Waals surface area contributed by atoms with Crippen LogP contribution in [0, 0.1) is 21.4 Å². The molecule has 1 aliphatic rings. The van der Waals surface area contributed by atoms with Crippen molar-refractivity contribution in [1.82, 2.24) is 0 Å². The number of ether oxygens (including phenoxy) is 2. The molecule has 2 aromatic rings. The minimum Gasteiger partial charge on any atom is -0.508 e. The Morgan fingerprint density at radius 1 is 1.15 bits per heavy atom. The summed E-state index contributed by atoms with van der Waals surface area (Å²) in [5.41, 5.74) is 4.97. The van der Waals surface area contributed by atoms with E-state index in [4.69, 9.17) is 15.2 Å². The third-order valence-corrected chi connectivity index (χ3v) is 5.01. The second-order valence-electron chi connectivity index (χ2n) is 6.77. The molecule has 33 heavy (non-hydrogen) atoms. The monoisotopic (exact) mass is 450 g/mol. The van der Waals surface area contributed by atoms with Gasteiger partial charge in [-0.05, 0) is 17.7 Å². The molecule has 0 amide bonds. The molecule has 0 fully saturated rings. The zero-order valence-electron chi connectivity index (χ0n) is 17.5. The van der Waals surface area contributed by atoms with Gasteiger partial charge in [-0.2, -0.15) is 5.26 Å². The molecule has 3 N–H and O–H groups in total. The summed E-state index contributed by atoms with van der Waals surface area (Å²) in [7, 11) is 2.15. The lowest BCUT2D eigenvalue weighted by molar-refractivity contribution is -0.384. The summed E-state index contributed by atoms with van der Waals surface area (Å²) in [6, 6.07) is 13.4. The molecular weight excluding hydrogens is 432 g/mol. The molecule has 168 valence electrons. The first-order chi connectivity index (χ1) is 15.8. The van der Waals surface area contributed by atoms with Gasteiger partial charge in [0.25, 0.3) is 5.69 Å². The zero-order valence-corrected chi connectivity index (χ0v) is 17.5. The van der Waals surface area contributed by atoms with Crippen LogP contribution >= 0.6 is 0 Å². The molecule has 0 saturated carbocycles. The van der Waals surface area contributed by atoms with Crippen molar-refractivity contribution in [2.75, 3.05) is 19.1 Å². The zero-order chi connectivity index (χ0) is 24.3. The topological polar surface area (TPSA) is 169 Å². The number of hydrogen-bond acceptors (Lipinski definition) is 10. The smallest absolute Gasteiger partial charge is 0.355 e. The van der Waals surface area contributed by atoms with Crippen molar-refractivity contribution in [2.45, 2.75) is 5.92 Å². The van der Waals surface area contributed by atoms with Gasteiger partial charge in [-0.3, -0.25) is 15.0 Å². The molecule has 11 heteroatoms. The van der Waals surface area contributed by atoms with Crippen LogP contribution in [0.25, 0.3) is 0 Å². The summed E-state index contributed by atoms with van der Waals surface area (Å²) in [5.74, 6) is -3.85. The first-order valence-electron chi connectivity index (χ1n) is 9.39. The summed E-state index contributed by atoms with van der Waals surface area (Å²) in [4.78, 5) is 37.7. The van der Waals surface area contributed by atoms with E-state index in [-0.39, 0.29) is 22.7 Å². The molecule has 11 nitrogen and oxygen atoms in total. The van der Waals surface area contributed by atoms with Crippen LogP contribution in [0.2, 0.25) is 0 Å². The maximum Gasteiger partial charge on any atom is 0.355 e. The number of nitriles is 1. The molecule has 0 radical (unpaired) electrons. The minimum absolute atomic E-state index is 0.142. The van der Waals surface area contributed by atoms with Gasteiger partial charge < -0.3 is 20.3 Å². The van der Waals surface area contributed by atoms with E-state index in [2.05, 4.69) is 0 Å². The fourth-order valence-corrected chi connectivity index (χ4v) is 3.61. The summed E-state index contributed by atoms with van der Waals surface area (Å²) in [5, 5.41) is 31.4. The lowest BCUT2D eigenvalue weighted by Crippen LogP contribution is -2.41. The molecule has 1 unspecified atom stereocenters. The van der Waals surface area contributed by atoms with Crippen molar-refractivity contribution in [1.29, 1.82) is 5.26 Å². The molecule has 1 heterocycles. The van der Waals surface area contributed by atoms with Crippen molar-refractivity contribution >= 4 is 23.3 Å². The molecule has 0 spiro atoms. The van der Waals surface area contributed by atoms with E-state index in [1.807, 2.05) is 6.07 Å². The molecule has 0 bridgehead atoms. The molecule has 3 rings (SSSR count). The van der Waals surface area contributed by atoms with Gasteiger partial charge in [0.15, 0.2) is 0 Å². The van der Waals surface area contributed by atoms with Gasteiger partial charge in [0, 0.05) is 0 Å². The Hall–Kier alpha value is -4.85. The lowest BCUT2D eigenvalue weighted by Gasteiger charge is -2.35. The first-order valence-corrected chi connectivity index (χ1v) is 9.39. The molecule has 0 aromatic heterocycles. The van der Waals surface area contributed by atoms with Crippen molar-refractivity contribution in [3.05, 3.63) is 86.9 Å². The number of nitro benzene ring substituents is 1. The third kappa shape index (κ3) is 3.92. The number of nitrogens with zero attached hydrogens (tertiary/aromatic N) is 3. The average molecular weight is 450 g/mol. The van der Waals surface area contributed by atoms with Crippen LogP contribution in [0.3, 0.4) is 0 Å². The number of carbonyl (C=O) groups is 2. The number of esters is 2. The van der Waals surface area contributed by atoms with Gasteiger partial charge in [-0.25, -0.2) is 9.59 Å². The van der Waals surface area contributed by atoms with E-state index in [0.29, 0.717) is 5.56 Å². The van der Waals surface area contributed by atoms with Gasteiger partial charge in [0.1, 0.15) is 23.0 Å². The van der Waals surface area contributed by atoms with Crippen molar-refractivity contribution in [3.8, 4) is 11.8 Å². The number of nitrogens with two attached hydrogens (primary N) is 1. The Kier molecular flexibility index (Phi) is 6.30. The Bertz CT molecular complexity index is 1250. The fraction of sp³-hybridized carbons (Fsp3) is 0.136. The third-order valence-electron chi connectivity index (χ3n) is 5.01. The van der Waals surface area contributed by atoms with E-state index in [1.54, 1.807) is 30.3 Å². The maximum absolute atomic E-state index is 12.9. The van der Waals surface area contributed by atoms with Crippen LogP contribution in [0.4, 0.5) is 11.4 Å². The standard InChI is InChI=1S/C22H18N4O7/c1-32-21(28)18-17(12-6-4-3-5-7-12)14(11-23)20(24)25(19(18)22(29)33-2)15-9-8-13(27)10-16(15)26(30)31/h3-10,17,27H,24H2,1-2H3. The van der Waals surface area contributed by atoms with Crippen molar-refractivity contribution < 1.29 is 29.1 Å². The first kappa shape index (κ1) is 22.8. The highest BCUT2D eigenvalue weighted by atomic mass is 16.6. The molecule has 1 aliphatic heterocycles. The number of aromatic hydroxyl groups is 1. The van der Waals surface area contributed by atoms with Crippen molar-refractivity contribution in [3.63, 3.8) is 0 Å². The number of rotatable bonds is 5. The number of allylic oxidation sites excluding steroid dienone is 1. The minimum atomic E-state index is -1.11. The predicted molar refractivity (Wildman–Crippen MR) is 114 cm³/mol. The number of phenols is 1. The van der Waals surface area contributed by atoms with Crippen molar-refractivity contribution in [2.24, 2.45) is 5.73 Å². The highest BCUT2D eigenvalue weighted by molar-refractivity contribution is 6.06. The average Bonchev–Trinajstić information content (AvgIpc) is 2.82. The fourth-order valence-electron chi connectivity index (χ4n) is 3.61. The largest absolute Gasteiger partial charge is 0.508 e. The Balaban J connectivity index is 2.48.